The molecule has 140 valence electrons. The number of carbonyl (C=O) groups excluding carboxylic acids is 1. The first-order chi connectivity index (χ1) is 12.2. The van der Waals surface area contributed by atoms with Crippen LogP contribution in [0.5, 0.6) is 0 Å². The molecule has 26 heavy (non-hydrogen) atoms. The number of nitrogens with zero attached hydrogens (tertiary/aromatic N) is 1. The van der Waals surface area contributed by atoms with Gasteiger partial charge in [-0.1, -0.05) is 25.1 Å². The number of sulfonamides is 1. The molecule has 5 nitrogen and oxygen atoms in total. The highest BCUT2D eigenvalue weighted by atomic mass is 32.2. The molecule has 1 N–H and O–H groups in total. The summed E-state index contributed by atoms with van der Waals surface area (Å²) in [5.74, 6) is -0.727. The lowest BCUT2D eigenvalue weighted by Gasteiger charge is -2.26. The molecule has 0 fully saturated rings. The number of rotatable bonds is 7. The number of nitrogens with one attached hydrogen (secondary N) is 1. The lowest BCUT2D eigenvalue weighted by atomic mass is 10.1. The van der Waals surface area contributed by atoms with E-state index in [2.05, 4.69) is 5.32 Å². The molecule has 0 radical (unpaired) electrons. The van der Waals surface area contributed by atoms with Crippen LogP contribution in [0, 0.1) is 12.7 Å². The van der Waals surface area contributed by atoms with Gasteiger partial charge in [0.15, 0.2) is 0 Å². The van der Waals surface area contributed by atoms with Gasteiger partial charge in [0.25, 0.3) is 0 Å². The molecule has 0 atom stereocenters. The summed E-state index contributed by atoms with van der Waals surface area (Å²) in [7, 11) is -3.54. The highest BCUT2D eigenvalue weighted by molar-refractivity contribution is 7.92. The highest BCUT2D eigenvalue weighted by Gasteiger charge is 2.22. The van der Waals surface area contributed by atoms with Crippen molar-refractivity contribution in [3.63, 3.8) is 0 Å². The normalized spacial score (nSPS) is 11.2. The average Bonchev–Trinajstić information content (AvgIpc) is 2.57. The molecular formula is C19H23FN2O3S. The van der Waals surface area contributed by atoms with Crippen LogP contribution in [0.2, 0.25) is 0 Å². The van der Waals surface area contributed by atoms with Crippen LogP contribution >= 0.6 is 0 Å². The molecule has 0 aliphatic heterocycles. The molecule has 0 saturated carbocycles. The first kappa shape index (κ1) is 19.9. The maximum Gasteiger partial charge on any atom is 0.232 e. The van der Waals surface area contributed by atoms with Crippen molar-refractivity contribution in [1.29, 1.82) is 0 Å². The fourth-order valence-electron chi connectivity index (χ4n) is 2.77. The van der Waals surface area contributed by atoms with Crippen LogP contribution in [0.15, 0.2) is 42.5 Å². The van der Waals surface area contributed by atoms with Crippen LogP contribution < -0.4 is 9.62 Å². The summed E-state index contributed by atoms with van der Waals surface area (Å²) in [6.45, 7) is 3.84. The van der Waals surface area contributed by atoms with E-state index in [1.807, 2.05) is 32.0 Å². The Kier molecular flexibility index (Phi) is 6.37. The van der Waals surface area contributed by atoms with Crippen LogP contribution in [0.1, 0.15) is 24.5 Å². The Bertz CT molecular complexity index is 880. The number of anilines is 2. The van der Waals surface area contributed by atoms with Gasteiger partial charge in [-0.3, -0.25) is 9.10 Å². The molecule has 2 rings (SSSR count). The van der Waals surface area contributed by atoms with E-state index in [-0.39, 0.29) is 18.9 Å². The quantitative estimate of drug-likeness (QED) is 0.802. The molecule has 0 aliphatic carbocycles. The van der Waals surface area contributed by atoms with E-state index in [0.29, 0.717) is 17.8 Å². The Morgan fingerprint density at radius 2 is 1.81 bits per heavy atom. The molecule has 0 spiro atoms. The maximum atomic E-state index is 12.9. The van der Waals surface area contributed by atoms with Crippen molar-refractivity contribution < 1.29 is 17.6 Å². The topological polar surface area (TPSA) is 66.5 Å². The third-order valence-electron chi connectivity index (χ3n) is 4.02. The molecule has 1 amide bonds. The van der Waals surface area contributed by atoms with Crippen LogP contribution in [-0.2, 0) is 21.2 Å². The van der Waals surface area contributed by atoms with Gasteiger partial charge < -0.3 is 5.32 Å². The number of benzene rings is 2. The Hall–Kier alpha value is -2.41. The largest absolute Gasteiger partial charge is 0.326 e. The van der Waals surface area contributed by atoms with Gasteiger partial charge in [-0.15, -0.1) is 0 Å². The molecule has 0 bridgehead atoms. The van der Waals surface area contributed by atoms with Crippen LogP contribution in [0.3, 0.4) is 0 Å². The van der Waals surface area contributed by atoms with Crippen LogP contribution in [0.4, 0.5) is 15.8 Å². The van der Waals surface area contributed by atoms with Crippen LogP contribution in [0.25, 0.3) is 0 Å². The van der Waals surface area contributed by atoms with Crippen molar-refractivity contribution in [3.05, 3.63) is 59.4 Å². The van der Waals surface area contributed by atoms with Crippen molar-refractivity contribution >= 4 is 27.3 Å². The Morgan fingerprint density at radius 3 is 2.38 bits per heavy atom. The van der Waals surface area contributed by atoms with Gasteiger partial charge in [0.05, 0.1) is 11.9 Å². The van der Waals surface area contributed by atoms with Gasteiger partial charge in [0.2, 0.25) is 15.9 Å². The maximum absolute atomic E-state index is 12.9. The molecule has 0 unspecified atom stereocenters. The predicted molar refractivity (Wildman–Crippen MR) is 102 cm³/mol. The fourth-order valence-corrected chi connectivity index (χ4v) is 3.78. The lowest BCUT2D eigenvalue weighted by molar-refractivity contribution is -0.116. The minimum Gasteiger partial charge on any atom is -0.326 e. The van der Waals surface area contributed by atoms with Gasteiger partial charge >= 0.3 is 0 Å². The highest BCUT2D eigenvalue weighted by Crippen LogP contribution is 2.28. The van der Waals surface area contributed by atoms with Gasteiger partial charge in [0.1, 0.15) is 5.82 Å². The van der Waals surface area contributed by atoms with E-state index < -0.39 is 15.8 Å². The lowest BCUT2D eigenvalue weighted by Crippen LogP contribution is -2.34. The van der Waals surface area contributed by atoms with E-state index in [0.717, 1.165) is 17.4 Å². The zero-order valence-electron chi connectivity index (χ0n) is 15.1. The summed E-state index contributed by atoms with van der Waals surface area (Å²) in [5, 5.41) is 2.64. The van der Waals surface area contributed by atoms with Crippen LogP contribution in [-0.4, -0.2) is 27.1 Å². The van der Waals surface area contributed by atoms with Gasteiger partial charge in [0, 0.05) is 18.7 Å². The van der Waals surface area contributed by atoms with Gasteiger partial charge in [-0.2, -0.15) is 0 Å². The second-order valence-corrected chi connectivity index (χ2v) is 7.98. The Morgan fingerprint density at radius 1 is 1.15 bits per heavy atom. The Labute approximate surface area is 153 Å². The van der Waals surface area contributed by atoms with Gasteiger partial charge in [-0.25, -0.2) is 12.8 Å². The standard InChI is InChI=1S/C19H23FN2O3S/c1-4-15-7-5-6-14(2)19(15)22(26(3,24)25)13-12-18(23)21-17-10-8-16(20)9-11-17/h5-11H,4,12-13H2,1-3H3,(H,21,23). The summed E-state index contributed by atoms with van der Waals surface area (Å²) < 4.78 is 38.8. The first-order valence-corrected chi connectivity index (χ1v) is 10.2. The van der Waals surface area contributed by atoms with E-state index in [4.69, 9.17) is 0 Å². The number of halogens is 1. The number of aryl methyl sites for hydroxylation is 2. The van der Waals surface area contributed by atoms with Crippen molar-refractivity contribution in [2.24, 2.45) is 0 Å². The molecular weight excluding hydrogens is 355 g/mol. The summed E-state index contributed by atoms with van der Waals surface area (Å²) in [6, 6.07) is 11.0. The number of hydrogen-bond donors (Lipinski definition) is 1. The third-order valence-corrected chi connectivity index (χ3v) is 5.19. The zero-order chi connectivity index (χ0) is 19.3. The monoisotopic (exact) mass is 378 g/mol. The van der Waals surface area contributed by atoms with Gasteiger partial charge in [-0.05, 0) is 48.7 Å². The Balaban J connectivity index is 2.17. The van der Waals surface area contributed by atoms with Crippen molar-refractivity contribution in [2.45, 2.75) is 26.7 Å². The van der Waals surface area contributed by atoms with E-state index >= 15 is 0 Å². The van der Waals surface area contributed by atoms with Crippen molar-refractivity contribution in [2.75, 3.05) is 22.4 Å². The summed E-state index contributed by atoms with van der Waals surface area (Å²) in [6.07, 6.45) is 1.81. The van der Waals surface area contributed by atoms with E-state index in [1.54, 1.807) is 0 Å². The van der Waals surface area contributed by atoms with Crippen molar-refractivity contribution in [1.82, 2.24) is 0 Å². The SMILES string of the molecule is CCc1cccc(C)c1N(CCC(=O)Nc1ccc(F)cc1)S(C)(=O)=O. The number of amides is 1. The second kappa shape index (κ2) is 8.31. The molecule has 2 aromatic carbocycles. The number of carbonyl (C=O) groups is 1. The minimum absolute atomic E-state index is 0.0120. The molecule has 0 heterocycles. The minimum atomic E-state index is -3.54. The molecule has 2 aromatic rings. The number of hydrogen-bond acceptors (Lipinski definition) is 3. The summed E-state index contributed by atoms with van der Waals surface area (Å²) >= 11 is 0. The molecule has 0 aliphatic rings. The average molecular weight is 378 g/mol. The molecule has 7 heteroatoms. The molecule has 0 aromatic heterocycles. The smallest absolute Gasteiger partial charge is 0.232 e. The predicted octanol–water partition coefficient (Wildman–Crippen LogP) is 3.49. The fraction of sp³-hybridized carbons (Fsp3) is 0.316. The zero-order valence-corrected chi connectivity index (χ0v) is 15.9. The molecule has 0 saturated heterocycles. The first-order valence-electron chi connectivity index (χ1n) is 8.34. The second-order valence-electron chi connectivity index (χ2n) is 6.08. The van der Waals surface area contributed by atoms with E-state index in [9.17, 15) is 17.6 Å². The number of para-hydroxylation sites is 1. The van der Waals surface area contributed by atoms with E-state index in [1.165, 1.54) is 28.6 Å². The third kappa shape index (κ3) is 5.05. The van der Waals surface area contributed by atoms with Crippen molar-refractivity contribution in [3.8, 4) is 0 Å². The summed E-state index contributed by atoms with van der Waals surface area (Å²) in [4.78, 5) is 12.2. The summed E-state index contributed by atoms with van der Waals surface area (Å²) in [5.41, 5.74) is 2.85.